The van der Waals surface area contributed by atoms with Crippen molar-refractivity contribution in [3.05, 3.63) is 22.3 Å². The normalized spacial score (nSPS) is 27.3. The Morgan fingerprint density at radius 1 is 0.818 bits per heavy atom. The number of allylic oxidation sites excluding steroid dienone is 4. The van der Waals surface area contributed by atoms with Crippen LogP contribution < -0.4 is 0 Å². The van der Waals surface area contributed by atoms with E-state index in [2.05, 4.69) is 41.5 Å². The Kier molecular flexibility index (Phi) is 3.28. The first-order valence-corrected chi connectivity index (χ1v) is 8.75. The number of fused-ring (bicyclic) bond motifs is 1. The molecule has 2 fully saturated rings. The summed E-state index contributed by atoms with van der Waals surface area (Å²) in [5.41, 5.74) is 2.79. The average Bonchev–Trinajstić information content (AvgIpc) is 2.96. The van der Waals surface area contributed by atoms with E-state index in [1.54, 1.807) is 0 Å². The van der Waals surface area contributed by atoms with Crippen LogP contribution in [0.15, 0.2) is 22.3 Å². The first-order chi connectivity index (χ1) is 9.90. The summed E-state index contributed by atoms with van der Waals surface area (Å²) < 4.78 is 31.0. The highest BCUT2D eigenvalue weighted by molar-refractivity contribution is 5.59. The number of hydrogen-bond acceptors (Lipinski definition) is 0. The third kappa shape index (κ3) is 2.05. The zero-order valence-corrected chi connectivity index (χ0v) is 15.0. The predicted octanol–water partition coefficient (Wildman–Crippen LogP) is 6.67. The summed E-state index contributed by atoms with van der Waals surface area (Å²) in [6.45, 7) is 12.8. The molecule has 0 radical (unpaired) electrons. The van der Waals surface area contributed by atoms with E-state index in [0.717, 1.165) is 30.4 Å². The molecule has 0 nitrogen and oxygen atoms in total. The van der Waals surface area contributed by atoms with Crippen molar-refractivity contribution in [3.63, 3.8) is 0 Å². The van der Waals surface area contributed by atoms with Gasteiger partial charge in [0.2, 0.25) is 0 Å². The smallest absolute Gasteiger partial charge is 0.201 e. The Labute approximate surface area is 134 Å². The Balaban J connectivity index is 2.21. The van der Waals surface area contributed by atoms with Crippen molar-refractivity contribution in [2.75, 3.05) is 0 Å². The standard InChI is InChI=1S/C20H30F2/c1-17(2,3)14-11-15(18(4,5)6)16-13(14)12-19(20(16,21)22)9-7-8-10-19/h7-12H2,1-6H3. The molecule has 0 aromatic rings. The van der Waals surface area contributed by atoms with Gasteiger partial charge in [-0.15, -0.1) is 0 Å². The molecule has 2 heteroatoms. The highest BCUT2D eigenvalue weighted by Gasteiger charge is 2.65. The van der Waals surface area contributed by atoms with Gasteiger partial charge in [0.1, 0.15) is 0 Å². The second-order valence-electron chi connectivity index (χ2n) is 9.73. The fraction of sp³-hybridized carbons (Fsp3) is 0.800. The molecule has 2 saturated carbocycles. The summed E-state index contributed by atoms with van der Waals surface area (Å²) in [6.07, 6.45) is 4.69. The quantitative estimate of drug-likeness (QED) is 0.468. The van der Waals surface area contributed by atoms with Crippen LogP contribution in [0, 0.1) is 16.2 Å². The van der Waals surface area contributed by atoms with Gasteiger partial charge in [0, 0.05) is 11.0 Å². The first-order valence-electron chi connectivity index (χ1n) is 8.75. The number of hydrogen-bond donors (Lipinski definition) is 0. The van der Waals surface area contributed by atoms with Crippen molar-refractivity contribution in [1.29, 1.82) is 0 Å². The van der Waals surface area contributed by atoms with E-state index < -0.39 is 11.3 Å². The minimum absolute atomic E-state index is 0.0200. The predicted molar refractivity (Wildman–Crippen MR) is 88.0 cm³/mol. The third-order valence-corrected chi connectivity index (χ3v) is 6.19. The highest BCUT2D eigenvalue weighted by atomic mass is 19.3. The minimum atomic E-state index is -2.63. The molecule has 3 aliphatic rings. The largest absolute Gasteiger partial charge is 0.279 e. The van der Waals surface area contributed by atoms with Gasteiger partial charge in [-0.3, -0.25) is 0 Å². The lowest BCUT2D eigenvalue weighted by Gasteiger charge is -2.34. The molecule has 0 aromatic heterocycles. The zero-order chi connectivity index (χ0) is 16.6. The van der Waals surface area contributed by atoms with Crippen LogP contribution in [0.1, 0.15) is 80.1 Å². The Bertz CT molecular complexity index is 555. The molecule has 1 spiro atoms. The van der Waals surface area contributed by atoms with Crippen molar-refractivity contribution < 1.29 is 8.78 Å². The van der Waals surface area contributed by atoms with Gasteiger partial charge in [0.05, 0.1) is 0 Å². The molecule has 22 heavy (non-hydrogen) atoms. The van der Waals surface area contributed by atoms with Crippen LogP contribution in [0.2, 0.25) is 0 Å². The molecule has 0 atom stereocenters. The van der Waals surface area contributed by atoms with Crippen molar-refractivity contribution in [2.24, 2.45) is 16.2 Å². The topological polar surface area (TPSA) is 0 Å². The zero-order valence-electron chi connectivity index (χ0n) is 15.0. The summed E-state index contributed by atoms with van der Waals surface area (Å²) >= 11 is 0. The first kappa shape index (κ1) is 16.2. The average molecular weight is 308 g/mol. The van der Waals surface area contributed by atoms with E-state index in [1.807, 2.05) is 0 Å². The number of rotatable bonds is 0. The van der Waals surface area contributed by atoms with E-state index in [-0.39, 0.29) is 10.8 Å². The molecule has 0 N–H and O–H groups in total. The van der Waals surface area contributed by atoms with Crippen molar-refractivity contribution >= 4 is 0 Å². The van der Waals surface area contributed by atoms with E-state index in [4.69, 9.17) is 0 Å². The SMILES string of the molecule is CC(C)(C)C1=C2CC3(CCCC3)C(F)(F)C2=C(C(C)(C)C)C1. The summed E-state index contributed by atoms with van der Waals surface area (Å²) in [6, 6.07) is 0. The van der Waals surface area contributed by atoms with Crippen LogP contribution in [-0.2, 0) is 0 Å². The maximum absolute atomic E-state index is 15.5. The second kappa shape index (κ2) is 4.45. The molecule has 0 unspecified atom stereocenters. The Hall–Kier alpha value is -0.660. The summed E-state index contributed by atoms with van der Waals surface area (Å²) in [5.74, 6) is -2.63. The summed E-state index contributed by atoms with van der Waals surface area (Å²) in [7, 11) is 0. The molecular weight excluding hydrogens is 278 g/mol. The van der Waals surface area contributed by atoms with Gasteiger partial charge in [-0.2, -0.15) is 0 Å². The lowest BCUT2D eigenvalue weighted by atomic mass is 9.74. The van der Waals surface area contributed by atoms with Crippen LogP contribution in [0.4, 0.5) is 8.78 Å². The molecule has 0 aromatic carbocycles. The Morgan fingerprint density at radius 2 is 1.32 bits per heavy atom. The summed E-state index contributed by atoms with van der Waals surface area (Å²) in [4.78, 5) is 0. The van der Waals surface area contributed by atoms with Crippen LogP contribution in [0.5, 0.6) is 0 Å². The molecule has 0 aliphatic heterocycles. The van der Waals surface area contributed by atoms with E-state index in [9.17, 15) is 0 Å². The summed E-state index contributed by atoms with van der Waals surface area (Å²) in [5, 5.41) is 0. The van der Waals surface area contributed by atoms with Crippen molar-refractivity contribution in [3.8, 4) is 0 Å². The maximum atomic E-state index is 15.5. The van der Waals surface area contributed by atoms with Crippen LogP contribution in [0.25, 0.3) is 0 Å². The van der Waals surface area contributed by atoms with Gasteiger partial charge in [-0.05, 0) is 42.1 Å². The molecule has 0 bridgehead atoms. The van der Waals surface area contributed by atoms with Gasteiger partial charge < -0.3 is 0 Å². The molecule has 124 valence electrons. The fourth-order valence-corrected chi connectivity index (χ4v) is 4.89. The minimum Gasteiger partial charge on any atom is -0.201 e. The molecule has 0 heterocycles. The van der Waals surface area contributed by atoms with Gasteiger partial charge in [-0.1, -0.05) is 65.5 Å². The van der Waals surface area contributed by atoms with Crippen LogP contribution >= 0.6 is 0 Å². The van der Waals surface area contributed by atoms with E-state index in [1.165, 1.54) is 5.57 Å². The van der Waals surface area contributed by atoms with Crippen LogP contribution in [0.3, 0.4) is 0 Å². The number of halogens is 2. The van der Waals surface area contributed by atoms with Crippen molar-refractivity contribution in [1.82, 2.24) is 0 Å². The lowest BCUT2D eigenvalue weighted by Crippen LogP contribution is -2.36. The van der Waals surface area contributed by atoms with Gasteiger partial charge >= 0.3 is 0 Å². The number of alkyl halides is 2. The molecule has 0 amide bonds. The third-order valence-electron chi connectivity index (χ3n) is 6.19. The fourth-order valence-electron chi connectivity index (χ4n) is 4.89. The van der Waals surface area contributed by atoms with E-state index >= 15 is 8.78 Å². The van der Waals surface area contributed by atoms with E-state index in [0.29, 0.717) is 24.8 Å². The monoisotopic (exact) mass is 308 g/mol. The van der Waals surface area contributed by atoms with Crippen LogP contribution in [-0.4, -0.2) is 5.92 Å². The van der Waals surface area contributed by atoms with Crippen molar-refractivity contribution in [2.45, 2.75) is 86.0 Å². The maximum Gasteiger partial charge on any atom is 0.279 e. The molecule has 3 aliphatic carbocycles. The van der Waals surface area contributed by atoms with Gasteiger partial charge in [-0.25, -0.2) is 8.78 Å². The molecule has 3 rings (SSSR count). The molecular formula is C20H30F2. The van der Waals surface area contributed by atoms with Gasteiger partial charge in [0.15, 0.2) is 0 Å². The van der Waals surface area contributed by atoms with Gasteiger partial charge in [0.25, 0.3) is 5.92 Å². The molecule has 0 saturated heterocycles. The lowest BCUT2D eigenvalue weighted by molar-refractivity contribution is -0.0683. The Morgan fingerprint density at radius 3 is 1.77 bits per heavy atom. The highest BCUT2D eigenvalue weighted by Crippen LogP contribution is 2.68. The second-order valence-corrected chi connectivity index (χ2v) is 9.73.